The molecule has 0 radical (unpaired) electrons. The molecule has 1 aliphatic rings. The van der Waals surface area contributed by atoms with E-state index in [4.69, 9.17) is 9.47 Å². The highest BCUT2D eigenvalue weighted by Gasteiger charge is 2.25. The summed E-state index contributed by atoms with van der Waals surface area (Å²) >= 11 is 1.61. The molecule has 1 aliphatic heterocycles. The number of piperidine rings is 1. The molecule has 40 heavy (non-hydrogen) atoms. The number of rotatable bonds is 8. The minimum Gasteiger partial charge on any atom is -0.493 e. The molecule has 0 saturated carbocycles. The van der Waals surface area contributed by atoms with Gasteiger partial charge in [0.25, 0.3) is 0 Å². The number of carbonyl (C=O) groups excluding carboxylic acids is 1. The molecule has 2 N–H and O–H groups in total. The highest BCUT2D eigenvalue weighted by atomic mass is 32.1. The van der Waals surface area contributed by atoms with Crippen LogP contribution in [-0.2, 0) is 10.4 Å². The summed E-state index contributed by atoms with van der Waals surface area (Å²) in [5.74, 6) is 1.66. The third-order valence-corrected chi connectivity index (χ3v) is 7.90. The van der Waals surface area contributed by atoms with Crippen LogP contribution in [0.25, 0.3) is 21.5 Å². The van der Waals surface area contributed by atoms with Crippen LogP contribution in [-0.4, -0.2) is 57.2 Å². The highest BCUT2D eigenvalue weighted by molar-refractivity contribution is 7.14. The van der Waals surface area contributed by atoms with Crippen LogP contribution in [0, 0.1) is 6.92 Å². The summed E-state index contributed by atoms with van der Waals surface area (Å²) in [4.78, 5) is 28.4. The molecular weight excluding hydrogens is 526 g/mol. The Labute approximate surface area is 237 Å². The van der Waals surface area contributed by atoms with Crippen LogP contribution in [0.1, 0.15) is 37.1 Å². The number of aliphatic hydroxyl groups is 1. The summed E-state index contributed by atoms with van der Waals surface area (Å²) in [5, 5.41) is 16.0. The number of anilines is 2. The fourth-order valence-electron chi connectivity index (χ4n) is 4.85. The number of amides is 1. The largest absolute Gasteiger partial charge is 0.493 e. The number of methoxy groups -OCH3 is 1. The van der Waals surface area contributed by atoms with Crippen LogP contribution in [0.2, 0.25) is 0 Å². The van der Waals surface area contributed by atoms with Crippen molar-refractivity contribution in [3.05, 3.63) is 66.0 Å². The Hall–Kier alpha value is -4.02. The lowest BCUT2D eigenvalue weighted by Gasteiger charge is -2.31. The number of carbonyl (C=O) groups is 1. The van der Waals surface area contributed by atoms with Crippen molar-refractivity contribution in [2.45, 2.75) is 45.3 Å². The average Bonchev–Trinajstić information content (AvgIpc) is 3.38. The number of ether oxygens (including phenoxy) is 2. The molecule has 9 nitrogen and oxygen atoms in total. The number of fused-ring (bicyclic) bond motifs is 1. The lowest BCUT2D eigenvalue weighted by atomic mass is 9.95. The lowest BCUT2D eigenvalue weighted by Crippen LogP contribution is -2.41. The number of thiazole rings is 1. The molecular formula is C30H33N5O4S. The molecule has 1 fully saturated rings. The maximum absolute atomic E-state index is 12.0. The second-order valence-corrected chi connectivity index (χ2v) is 11.5. The predicted octanol–water partition coefficient (Wildman–Crippen LogP) is 5.60. The van der Waals surface area contributed by atoms with Gasteiger partial charge in [0.05, 0.1) is 18.2 Å². The number of nitrogens with one attached hydrogen (secondary N) is 1. The van der Waals surface area contributed by atoms with Gasteiger partial charge in [-0.3, -0.25) is 4.79 Å². The van der Waals surface area contributed by atoms with Crippen LogP contribution in [0.5, 0.6) is 11.5 Å². The van der Waals surface area contributed by atoms with Crippen LogP contribution < -0.4 is 14.8 Å². The minimum atomic E-state index is -1.10. The van der Waals surface area contributed by atoms with E-state index in [2.05, 4.69) is 26.8 Å². The first-order valence-corrected chi connectivity index (χ1v) is 14.0. The van der Waals surface area contributed by atoms with Gasteiger partial charge in [-0.2, -0.15) is 0 Å². The van der Waals surface area contributed by atoms with Gasteiger partial charge in [-0.25, -0.2) is 15.0 Å². The van der Waals surface area contributed by atoms with Gasteiger partial charge in [-0.05, 0) is 39.0 Å². The topological polar surface area (TPSA) is 110 Å². The Bertz CT molecular complexity index is 1550. The van der Waals surface area contributed by atoms with E-state index in [0.717, 1.165) is 32.1 Å². The van der Waals surface area contributed by atoms with Gasteiger partial charge < -0.3 is 24.8 Å². The molecule has 10 heteroatoms. The Kier molecular flexibility index (Phi) is 7.73. The third-order valence-electron chi connectivity index (χ3n) is 6.94. The monoisotopic (exact) mass is 559 g/mol. The van der Waals surface area contributed by atoms with Crippen LogP contribution in [0.15, 0.2) is 55.5 Å². The van der Waals surface area contributed by atoms with Gasteiger partial charge in [0.1, 0.15) is 23.3 Å². The molecule has 2 aromatic heterocycles. The maximum Gasteiger partial charge on any atom is 0.245 e. The fourth-order valence-corrected chi connectivity index (χ4v) is 5.61. The average molecular weight is 560 g/mol. The first-order chi connectivity index (χ1) is 19.2. The lowest BCUT2D eigenvalue weighted by molar-refractivity contribution is -0.127. The Morgan fingerprint density at radius 3 is 2.60 bits per heavy atom. The van der Waals surface area contributed by atoms with E-state index in [1.165, 1.54) is 12.4 Å². The van der Waals surface area contributed by atoms with Crippen molar-refractivity contribution in [2.24, 2.45) is 0 Å². The van der Waals surface area contributed by atoms with E-state index in [1.54, 1.807) is 37.2 Å². The van der Waals surface area contributed by atoms with E-state index < -0.39 is 5.60 Å². The number of hydrogen-bond acceptors (Lipinski definition) is 9. The van der Waals surface area contributed by atoms with Crippen molar-refractivity contribution >= 4 is 39.7 Å². The zero-order valence-electron chi connectivity index (χ0n) is 23.1. The molecule has 5 rings (SSSR count). The van der Waals surface area contributed by atoms with Crippen molar-refractivity contribution in [3.63, 3.8) is 0 Å². The van der Waals surface area contributed by atoms with Crippen molar-refractivity contribution in [1.82, 2.24) is 19.9 Å². The number of likely N-dealkylation sites (tertiary alicyclic amines) is 1. The number of aryl methyl sites for hydroxylation is 1. The maximum atomic E-state index is 12.0. The van der Waals surface area contributed by atoms with Gasteiger partial charge in [0, 0.05) is 65.3 Å². The second kappa shape index (κ2) is 11.2. The van der Waals surface area contributed by atoms with Gasteiger partial charge >= 0.3 is 0 Å². The summed E-state index contributed by atoms with van der Waals surface area (Å²) < 4.78 is 12.0. The first-order valence-electron chi connectivity index (χ1n) is 13.1. The van der Waals surface area contributed by atoms with Gasteiger partial charge in [-0.15, -0.1) is 11.3 Å². The zero-order chi connectivity index (χ0) is 28.4. The smallest absolute Gasteiger partial charge is 0.245 e. The molecule has 3 heterocycles. The summed E-state index contributed by atoms with van der Waals surface area (Å²) in [7, 11) is 1.60. The number of benzene rings is 2. The van der Waals surface area contributed by atoms with E-state index in [9.17, 15) is 9.90 Å². The third kappa shape index (κ3) is 5.78. The van der Waals surface area contributed by atoms with E-state index in [-0.39, 0.29) is 12.0 Å². The molecule has 2 aromatic carbocycles. The molecule has 4 aromatic rings. The highest BCUT2D eigenvalue weighted by Crippen LogP contribution is 2.39. The van der Waals surface area contributed by atoms with E-state index >= 15 is 0 Å². The van der Waals surface area contributed by atoms with Crippen LogP contribution >= 0.6 is 11.3 Å². The normalized spacial score (nSPS) is 14.3. The molecule has 1 saturated heterocycles. The summed E-state index contributed by atoms with van der Waals surface area (Å²) in [6.45, 7) is 10.3. The second-order valence-electron chi connectivity index (χ2n) is 10.3. The first kappa shape index (κ1) is 27.5. The van der Waals surface area contributed by atoms with Gasteiger partial charge in [0.2, 0.25) is 5.91 Å². The molecule has 0 unspecified atom stereocenters. The van der Waals surface area contributed by atoms with Gasteiger partial charge in [-0.1, -0.05) is 18.7 Å². The molecule has 0 atom stereocenters. The van der Waals surface area contributed by atoms with Gasteiger partial charge in [0.15, 0.2) is 11.5 Å². The SMILES string of the molecule is C=CC(=O)N1CCC(Oc2cc3c(Nc4cc(-c5ncc(C)s5)ccc4C(C)(C)O)ncnc3cc2OC)CC1. The minimum absolute atomic E-state index is 0.0610. The fraction of sp³-hybridized carbons (Fsp3) is 0.333. The summed E-state index contributed by atoms with van der Waals surface area (Å²) in [6.07, 6.45) is 6.03. The molecule has 0 aliphatic carbocycles. The molecule has 208 valence electrons. The standard InChI is InChI=1S/C30H33N5O4S/c1-6-27(36)35-11-9-20(10-12-35)39-26-14-21-23(15-25(26)38-5)32-17-33-28(21)34-24-13-19(29-31-16-18(2)40-29)7-8-22(24)30(3,4)37/h6-8,13-17,20,37H,1,9-12H2,2-5H3,(H,32,33,34). The van der Waals surface area contributed by atoms with Crippen molar-refractivity contribution in [2.75, 3.05) is 25.5 Å². The Morgan fingerprint density at radius 1 is 1.18 bits per heavy atom. The number of aromatic nitrogens is 3. The number of hydrogen-bond donors (Lipinski definition) is 2. The van der Waals surface area contributed by atoms with Crippen LogP contribution in [0.3, 0.4) is 0 Å². The zero-order valence-corrected chi connectivity index (χ0v) is 23.9. The molecule has 0 spiro atoms. The van der Waals surface area contributed by atoms with Crippen molar-refractivity contribution in [1.29, 1.82) is 0 Å². The van der Waals surface area contributed by atoms with E-state index in [1.807, 2.05) is 43.5 Å². The van der Waals surface area contributed by atoms with Crippen molar-refractivity contribution in [3.8, 4) is 22.1 Å². The predicted molar refractivity (Wildman–Crippen MR) is 157 cm³/mol. The van der Waals surface area contributed by atoms with Crippen LogP contribution in [0.4, 0.5) is 11.5 Å². The van der Waals surface area contributed by atoms with Crippen molar-refractivity contribution < 1.29 is 19.4 Å². The molecule has 1 amide bonds. The Balaban J connectivity index is 1.49. The van der Waals surface area contributed by atoms with E-state index in [0.29, 0.717) is 48.8 Å². The summed E-state index contributed by atoms with van der Waals surface area (Å²) in [6, 6.07) is 9.59. The summed E-state index contributed by atoms with van der Waals surface area (Å²) in [5.41, 5.74) is 1.98. The number of nitrogens with zero attached hydrogens (tertiary/aromatic N) is 4. The Morgan fingerprint density at radius 2 is 1.95 bits per heavy atom. The quantitative estimate of drug-likeness (QED) is 0.269. The molecule has 0 bridgehead atoms.